The second-order valence-corrected chi connectivity index (χ2v) is 4.26. The quantitative estimate of drug-likeness (QED) is 0.814. The number of hydrogen-bond acceptors (Lipinski definition) is 3. The first-order valence-corrected chi connectivity index (χ1v) is 6.28. The third kappa shape index (κ3) is 3.62. The van der Waals surface area contributed by atoms with Gasteiger partial charge in [0.2, 0.25) is 0 Å². The molecule has 0 bridgehead atoms. The average molecular weight is 298 g/mol. The Morgan fingerprint density at radius 3 is 2.52 bits per heavy atom. The number of benzene rings is 1. The topological polar surface area (TPSA) is 44.1 Å². The molecule has 0 aliphatic carbocycles. The molecular formula is C14H13F3N2O2. The van der Waals surface area contributed by atoms with Crippen LogP contribution in [0.2, 0.25) is 0 Å². The van der Waals surface area contributed by atoms with Gasteiger partial charge in [0.05, 0.1) is 30.6 Å². The molecule has 2 rings (SSSR count). The molecule has 7 heteroatoms. The molecule has 0 saturated heterocycles. The van der Waals surface area contributed by atoms with Crippen LogP contribution in [0.15, 0.2) is 36.5 Å². The summed E-state index contributed by atoms with van der Waals surface area (Å²) < 4.78 is 44.1. The van der Waals surface area contributed by atoms with E-state index in [2.05, 4.69) is 5.10 Å². The van der Waals surface area contributed by atoms with E-state index in [1.807, 2.05) is 0 Å². The van der Waals surface area contributed by atoms with Gasteiger partial charge in [-0.3, -0.25) is 0 Å². The maximum Gasteiger partial charge on any atom is 0.394 e. The van der Waals surface area contributed by atoms with Crippen LogP contribution in [0.3, 0.4) is 0 Å². The van der Waals surface area contributed by atoms with Crippen LogP contribution in [0.1, 0.15) is 23.0 Å². The van der Waals surface area contributed by atoms with E-state index in [0.717, 1.165) is 10.9 Å². The molecule has 0 spiro atoms. The molecular weight excluding hydrogens is 285 g/mol. The number of para-hydroxylation sites is 1. The summed E-state index contributed by atoms with van der Waals surface area (Å²) in [5.74, 6) is -0.807. The van der Waals surface area contributed by atoms with Crippen molar-refractivity contribution in [2.75, 3.05) is 6.61 Å². The fraction of sp³-hybridized carbons (Fsp3) is 0.286. The molecule has 2 aromatic rings. The number of nitrogens with zero attached hydrogens (tertiary/aromatic N) is 2. The lowest BCUT2D eigenvalue weighted by Crippen LogP contribution is -2.18. The molecule has 0 fully saturated rings. The fourth-order valence-corrected chi connectivity index (χ4v) is 1.90. The van der Waals surface area contributed by atoms with Gasteiger partial charge in [-0.1, -0.05) is 18.2 Å². The van der Waals surface area contributed by atoms with Crippen molar-refractivity contribution in [3.8, 4) is 5.69 Å². The van der Waals surface area contributed by atoms with Crippen molar-refractivity contribution < 1.29 is 22.7 Å². The van der Waals surface area contributed by atoms with Gasteiger partial charge in [-0.25, -0.2) is 9.48 Å². The third-order valence-electron chi connectivity index (χ3n) is 2.73. The smallest absolute Gasteiger partial charge is 0.394 e. The lowest BCUT2D eigenvalue weighted by Gasteiger charge is -2.11. The Morgan fingerprint density at radius 2 is 1.95 bits per heavy atom. The molecule has 0 amide bonds. The van der Waals surface area contributed by atoms with Crippen LogP contribution >= 0.6 is 0 Å². The Hall–Kier alpha value is -2.31. The van der Waals surface area contributed by atoms with Crippen molar-refractivity contribution in [1.82, 2.24) is 9.78 Å². The second kappa shape index (κ2) is 5.99. The zero-order chi connectivity index (χ0) is 15.5. The summed E-state index contributed by atoms with van der Waals surface area (Å²) >= 11 is 0. The van der Waals surface area contributed by atoms with Crippen LogP contribution in [0.25, 0.3) is 5.69 Å². The average Bonchev–Trinajstić information content (AvgIpc) is 2.81. The van der Waals surface area contributed by atoms with Crippen molar-refractivity contribution in [3.05, 3.63) is 47.8 Å². The Bertz CT molecular complexity index is 621. The molecule has 4 nitrogen and oxygen atoms in total. The summed E-state index contributed by atoms with van der Waals surface area (Å²) in [4.78, 5) is 11.8. The standard InChI is InChI=1S/C14H13F3N2O2/c1-2-21-13(20)11-9-18-19(10-6-4-3-5-7-10)12(11)8-14(15,16)17/h3-7,9H,2,8H2,1H3. The van der Waals surface area contributed by atoms with Crippen LogP contribution in [0.5, 0.6) is 0 Å². The number of hydrogen-bond donors (Lipinski definition) is 0. The van der Waals surface area contributed by atoms with E-state index >= 15 is 0 Å². The summed E-state index contributed by atoms with van der Waals surface area (Å²) in [6.45, 7) is 1.67. The first-order valence-electron chi connectivity index (χ1n) is 6.28. The van der Waals surface area contributed by atoms with Crippen LogP contribution in [-0.4, -0.2) is 28.5 Å². The molecule has 1 heterocycles. The van der Waals surface area contributed by atoms with Gasteiger partial charge in [0, 0.05) is 0 Å². The van der Waals surface area contributed by atoms with Crippen LogP contribution in [0, 0.1) is 0 Å². The molecule has 0 unspecified atom stereocenters. The minimum atomic E-state index is -4.45. The van der Waals surface area contributed by atoms with Crippen LogP contribution in [-0.2, 0) is 11.2 Å². The van der Waals surface area contributed by atoms with Crippen molar-refractivity contribution >= 4 is 5.97 Å². The highest BCUT2D eigenvalue weighted by atomic mass is 19.4. The van der Waals surface area contributed by atoms with Crippen molar-refractivity contribution in [3.63, 3.8) is 0 Å². The molecule has 21 heavy (non-hydrogen) atoms. The molecule has 0 radical (unpaired) electrons. The SMILES string of the molecule is CCOC(=O)c1cnn(-c2ccccc2)c1CC(F)(F)F. The lowest BCUT2D eigenvalue weighted by molar-refractivity contribution is -0.128. The molecule has 112 valence electrons. The van der Waals surface area contributed by atoms with Crippen LogP contribution in [0.4, 0.5) is 13.2 Å². The van der Waals surface area contributed by atoms with Crippen molar-refractivity contribution in [2.45, 2.75) is 19.5 Å². The highest BCUT2D eigenvalue weighted by molar-refractivity contribution is 5.90. The van der Waals surface area contributed by atoms with Gasteiger partial charge in [-0.15, -0.1) is 0 Å². The zero-order valence-electron chi connectivity index (χ0n) is 11.2. The van der Waals surface area contributed by atoms with Gasteiger partial charge < -0.3 is 4.74 Å². The van der Waals surface area contributed by atoms with Gasteiger partial charge in [-0.2, -0.15) is 18.3 Å². The van der Waals surface area contributed by atoms with Gasteiger partial charge in [0.25, 0.3) is 0 Å². The van der Waals surface area contributed by atoms with Crippen LogP contribution < -0.4 is 0 Å². The number of carbonyl (C=O) groups is 1. The number of ether oxygens (including phenoxy) is 1. The Kier molecular flexibility index (Phi) is 4.30. The molecule has 0 atom stereocenters. The summed E-state index contributed by atoms with van der Waals surface area (Å²) in [5.41, 5.74) is 0.0532. The largest absolute Gasteiger partial charge is 0.462 e. The Morgan fingerprint density at radius 1 is 1.29 bits per heavy atom. The van der Waals surface area contributed by atoms with E-state index in [9.17, 15) is 18.0 Å². The van der Waals surface area contributed by atoms with E-state index < -0.39 is 18.6 Å². The van der Waals surface area contributed by atoms with E-state index in [4.69, 9.17) is 4.74 Å². The fourth-order valence-electron chi connectivity index (χ4n) is 1.90. The van der Waals surface area contributed by atoms with E-state index in [-0.39, 0.29) is 17.9 Å². The minimum Gasteiger partial charge on any atom is -0.462 e. The maximum absolute atomic E-state index is 12.8. The molecule has 0 saturated carbocycles. The van der Waals surface area contributed by atoms with E-state index in [1.165, 1.54) is 0 Å². The summed E-state index contributed by atoms with van der Waals surface area (Å²) in [5, 5.41) is 3.89. The molecule has 0 aliphatic heterocycles. The zero-order valence-corrected chi connectivity index (χ0v) is 11.2. The molecule has 1 aromatic heterocycles. The molecule has 0 N–H and O–H groups in total. The Labute approximate surface area is 119 Å². The molecule has 1 aromatic carbocycles. The third-order valence-corrected chi connectivity index (χ3v) is 2.73. The number of halogens is 3. The summed E-state index contributed by atoms with van der Waals surface area (Å²) in [6, 6.07) is 8.32. The minimum absolute atomic E-state index is 0.0841. The predicted octanol–water partition coefficient (Wildman–Crippen LogP) is 3.15. The van der Waals surface area contributed by atoms with E-state index in [0.29, 0.717) is 5.69 Å². The highest BCUT2D eigenvalue weighted by Crippen LogP contribution is 2.25. The monoisotopic (exact) mass is 298 g/mol. The lowest BCUT2D eigenvalue weighted by atomic mass is 10.2. The number of rotatable bonds is 4. The number of aromatic nitrogens is 2. The van der Waals surface area contributed by atoms with Gasteiger partial charge in [0.1, 0.15) is 5.56 Å². The Balaban J connectivity index is 2.49. The maximum atomic E-state index is 12.8. The van der Waals surface area contributed by atoms with Gasteiger partial charge >= 0.3 is 12.1 Å². The normalized spacial score (nSPS) is 11.4. The first-order chi connectivity index (χ1) is 9.92. The summed E-state index contributed by atoms with van der Waals surface area (Å²) in [6.07, 6.45) is -4.60. The van der Waals surface area contributed by atoms with Crippen molar-refractivity contribution in [2.24, 2.45) is 0 Å². The number of esters is 1. The van der Waals surface area contributed by atoms with Gasteiger partial charge in [0.15, 0.2) is 0 Å². The first kappa shape index (κ1) is 15.1. The van der Waals surface area contributed by atoms with Gasteiger partial charge in [-0.05, 0) is 19.1 Å². The highest BCUT2D eigenvalue weighted by Gasteiger charge is 2.33. The number of carbonyl (C=O) groups excluding carboxylic acids is 1. The van der Waals surface area contributed by atoms with Crippen molar-refractivity contribution in [1.29, 1.82) is 0 Å². The molecule has 0 aliphatic rings. The summed E-state index contributed by atoms with van der Waals surface area (Å²) in [7, 11) is 0. The van der Waals surface area contributed by atoms with E-state index in [1.54, 1.807) is 37.3 Å². The second-order valence-electron chi connectivity index (χ2n) is 4.26. The predicted molar refractivity (Wildman–Crippen MR) is 69.3 cm³/mol. The number of alkyl halides is 3.